The molecule has 0 atom stereocenters. The van der Waals surface area contributed by atoms with Crippen LogP contribution >= 0.6 is 0 Å². The third kappa shape index (κ3) is 4.14. The standard InChI is InChI=1S/C24H30N4O5S/c1-16-13-20(17(2)28(16)18-5-3-4-6-18)22(29)15-26-9-11-27(12-10-26)34(31,32)19-7-8-21-23(14-19)33-24(30)25-21/h7-8,13-14,18H,3-6,9-12,15H2,1-2H3,(H,25,30). The Kier molecular flexibility index (Phi) is 5.99. The molecule has 3 aromatic rings. The van der Waals surface area contributed by atoms with Gasteiger partial charge >= 0.3 is 5.76 Å². The van der Waals surface area contributed by atoms with Crippen LogP contribution in [0.5, 0.6) is 0 Å². The molecule has 2 fully saturated rings. The normalized spacial score (nSPS) is 18.8. The molecule has 0 amide bonds. The van der Waals surface area contributed by atoms with Gasteiger partial charge in [-0.15, -0.1) is 0 Å². The molecule has 3 heterocycles. The zero-order chi connectivity index (χ0) is 24.0. The number of aryl methyl sites for hydroxylation is 1. The fourth-order valence-corrected chi connectivity index (χ4v) is 6.87. The van der Waals surface area contributed by atoms with Gasteiger partial charge in [-0.25, -0.2) is 13.2 Å². The SMILES string of the molecule is Cc1cc(C(=O)CN2CCN(S(=O)(=O)c3ccc4[nH]c(=O)oc4c3)CC2)c(C)n1C1CCCC1. The van der Waals surface area contributed by atoms with Gasteiger partial charge in [0.25, 0.3) is 0 Å². The Morgan fingerprint density at radius 1 is 1.09 bits per heavy atom. The van der Waals surface area contributed by atoms with Crippen molar-refractivity contribution in [1.29, 1.82) is 0 Å². The maximum Gasteiger partial charge on any atom is 0.417 e. The summed E-state index contributed by atoms with van der Waals surface area (Å²) >= 11 is 0. The summed E-state index contributed by atoms with van der Waals surface area (Å²) in [7, 11) is -3.72. The minimum absolute atomic E-state index is 0.0848. The van der Waals surface area contributed by atoms with E-state index in [1.807, 2.05) is 17.9 Å². The smallest absolute Gasteiger partial charge is 0.408 e. The van der Waals surface area contributed by atoms with Crippen molar-refractivity contribution in [2.45, 2.75) is 50.5 Å². The number of aromatic amines is 1. The highest BCUT2D eigenvalue weighted by atomic mass is 32.2. The maximum absolute atomic E-state index is 13.1. The van der Waals surface area contributed by atoms with Gasteiger partial charge in [-0.1, -0.05) is 12.8 Å². The highest BCUT2D eigenvalue weighted by Crippen LogP contribution is 2.33. The molecule has 1 saturated heterocycles. The number of ketones is 1. The second kappa shape index (κ2) is 8.83. The summed E-state index contributed by atoms with van der Waals surface area (Å²) in [6.07, 6.45) is 4.82. The molecule has 1 aromatic carbocycles. The van der Waals surface area contributed by atoms with Crippen LogP contribution in [0.4, 0.5) is 0 Å². The fourth-order valence-electron chi connectivity index (χ4n) is 5.44. The number of nitrogens with zero attached hydrogens (tertiary/aromatic N) is 3. The average Bonchev–Trinajstić information content (AvgIpc) is 3.52. The molecule has 0 unspecified atom stereocenters. The number of rotatable bonds is 6. The van der Waals surface area contributed by atoms with E-state index in [0.717, 1.165) is 17.0 Å². The monoisotopic (exact) mass is 486 g/mol. The lowest BCUT2D eigenvalue weighted by atomic mass is 10.1. The number of sulfonamides is 1. The van der Waals surface area contributed by atoms with Gasteiger partial charge < -0.3 is 8.98 Å². The summed E-state index contributed by atoms with van der Waals surface area (Å²) < 4.78 is 35.0. The predicted octanol–water partition coefficient (Wildman–Crippen LogP) is 2.84. The Morgan fingerprint density at radius 2 is 1.79 bits per heavy atom. The number of fused-ring (bicyclic) bond motifs is 1. The minimum Gasteiger partial charge on any atom is -0.408 e. The van der Waals surface area contributed by atoms with Gasteiger partial charge in [-0.3, -0.25) is 14.7 Å². The second-order valence-electron chi connectivity index (χ2n) is 9.37. The number of hydrogen-bond acceptors (Lipinski definition) is 6. The number of nitrogens with one attached hydrogen (secondary N) is 1. The van der Waals surface area contributed by atoms with E-state index in [9.17, 15) is 18.0 Å². The highest BCUT2D eigenvalue weighted by Gasteiger charge is 2.30. The molecule has 1 aliphatic heterocycles. The zero-order valence-electron chi connectivity index (χ0n) is 19.5. The second-order valence-corrected chi connectivity index (χ2v) is 11.3. The van der Waals surface area contributed by atoms with Crippen molar-refractivity contribution in [3.63, 3.8) is 0 Å². The van der Waals surface area contributed by atoms with Gasteiger partial charge in [-0.05, 0) is 44.9 Å². The van der Waals surface area contributed by atoms with E-state index in [0.29, 0.717) is 37.7 Å². The van der Waals surface area contributed by atoms with Crippen LogP contribution in [0.25, 0.3) is 11.1 Å². The van der Waals surface area contributed by atoms with Crippen LogP contribution in [-0.4, -0.2) is 65.7 Å². The predicted molar refractivity (Wildman–Crippen MR) is 128 cm³/mol. The maximum atomic E-state index is 13.1. The molecule has 9 nitrogen and oxygen atoms in total. The topological polar surface area (TPSA) is 109 Å². The van der Waals surface area contributed by atoms with Gasteiger partial charge in [0.05, 0.1) is 17.0 Å². The van der Waals surface area contributed by atoms with Gasteiger partial charge in [0.2, 0.25) is 10.0 Å². The Hall–Kier alpha value is -2.69. The first kappa shape index (κ1) is 23.1. The molecule has 2 aliphatic rings. The zero-order valence-corrected chi connectivity index (χ0v) is 20.4. The van der Waals surface area contributed by atoms with Crippen LogP contribution in [0.3, 0.4) is 0 Å². The van der Waals surface area contributed by atoms with Crippen LogP contribution in [0.15, 0.2) is 38.4 Å². The summed E-state index contributed by atoms with van der Waals surface area (Å²) in [6, 6.07) is 6.88. The van der Waals surface area contributed by atoms with E-state index in [4.69, 9.17) is 4.42 Å². The summed E-state index contributed by atoms with van der Waals surface area (Å²) in [4.78, 5) is 29.1. The molecular weight excluding hydrogens is 456 g/mol. The van der Waals surface area contributed by atoms with Gasteiger partial charge in [0, 0.05) is 55.2 Å². The third-order valence-electron chi connectivity index (χ3n) is 7.20. The number of carbonyl (C=O) groups excluding carboxylic acids is 1. The molecule has 2 aromatic heterocycles. The largest absolute Gasteiger partial charge is 0.417 e. The fraction of sp³-hybridized carbons (Fsp3) is 0.500. The molecule has 1 saturated carbocycles. The number of piperazine rings is 1. The van der Waals surface area contributed by atoms with Crippen molar-refractivity contribution in [3.05, 3.63) is 51.8 Å². The molecule has 1 aliphatic carbocycles. The number of H-pyrrole nitrogens is 1. The van der Waals surface area contributed by atoms with Crippen LogP contribution in [0, 0.1) is 13.8 Å². The van der Waals surface area contributed by atoms with E-state index in [1.54, 1.807) is 0 Å². The first-order valence-corrected chi connectivity index (χ1v) is 13.2. The Morgan fingerprint density at radius 3 is 2.50 bits per heavy atom. The van der Waals surface area contributed by atoms with Crippen molar-refractivity contribution in [2.75, 3.05) is 32.7 Å². The third-order valence-corrected chi connectivity index (χ3v) is 9.10. The number of Topliss-reactive ketones (excluding diaryl/α,β-unsaturated/α-hetero) is 1. The number of oxazole rings is 1. The van der Waals surface area contributed by atoms with E-state index >= 15 is 0 Å². The van der Waals surface area contributed by atoms with Gasteiger partial charge in [-0.2, -0.15) is 4.31 Å². The summed E-state index contributed by atoms with van der Waals surface area (Å²) in [5.41, 5.74) is 3.63. The lowest BCUT2D eigenvalue weighted by Crippen LogP contribution is -2.49. The minimum atomic E-state index is -3.72. The molecular formula is C24H30N4O5S. The van der Waals surface area contributed by atoms with Crippen molar-refractivity contribution in [3.8, 4) is 0 Å². The number of aromatic nitrogens is 2. The Bertz CT molecular complexity index is 1390. The van der Waals surface area contributed by atoms with Crippen LogP contribution in [0.1, 0.15) is 53.5 Å². The lowest BCUT2D eigenvalue weighted by molar-refractivity contribution is 0.0901. The number of carbonyl (C=O) groups is 1. The molecule has 34 heavy (non-hydrogen) atoms. The summed E-state index contributed by atoms with van der Waals surface area (Å²) in [6.45, 7) is 5.94. The average molecular weight is 487 g/mol. The molecule has 5 rings (SSSR count). The van der Waals surface area contributed by atoms with Gasteiger partial charge in [0.15, 0.2) is 11.4 Å². The first-order chi connectivity index (χ1) is 16.2. The molecule has 182 valence electrons. The Balaban J connectivity index is 1.24. The Labute approximate surface area is 198 Å². The van der Waals surface area contributed by atoms with Crippen LogP contribution in [-0.2, 0) is 10.0 Å². The molecule has 0 spiro atoms. The molecule has 10 heteroatoms. The summed E-state index contributed by atoms with van der Waals surface area (Å²) in [5, 5.41) is 0. The van der Waals surface area contributed by atoms with Crippen LogP contribution in [0.2, 0.25) is 0 Å². The van der Waals surface area contributed by atoms with E-state index in [2.05, 4.69) is 16.5 Å². The van der Waals surface area contributed by atoms with E-state index < -0.39 is 15.8 Å². The summed E-state index contributed by atoms with van der Waals surface area (Å²) in [5.74, 6) is -0.534. The first-order valence-electron chi connectivity index (χ1n) is 11.8. The quantitative estimate of drug-likeness (QED) is 0.537. The van der Waals surface area contributed by atoms with Crippen LogP contribution < -0.4 is 5.76 Å². The van der Waals surface area contributed by atoms with Crippen molar-refractivity contribution >= 4 is 26.9 Å². The molecule has 0 bridgehead atoms. The lowest BCUT2D eigenvalue weighted by Gasteiger charge is -2.33. The number of benzene rings is 1. The van der Waals surface area contributed by atoms with E-state index in [1.165, 1.54) is 48.2 Å². The molecule has 1 N–H and O–H groups in total. The highest BCUT2D eigenvalue weighted by molar-refractivity contribution is 7.89. The number of hydrogen-bond donors (Lipinski definition) is 1. The van der Waals surface area contributed by atoms with Crippen molar-refractivity contribution < 1.29 is 17.6 Å². The molecule has 0 radical (unpaired) electrons. The van der Waals surface area contributed by atoms with E-state index in [-0.39, 0.29) is 22.8 Å². The van der Waals surface area contributed by atoms with Crippen molar-refractivity contribution in [2.24, 2.45) is 0 Å². The van der Waals surface area contributed by atoms with Gasteiger partial charge in [0.1, 0.15) is 0 Å². The van der Waals surface area contributed by atoms with Crippen molar-refractivity contribution in [1.82, 2.24) is 18.8 Å².